The molecule has 2 aromatic rings. The number of carbonyl (C=O) groups is 2. The molecule has 3 heterocycles. The molecule has 1 unspecified atom stereocenters. The van der Waals surface area contributed by atoms with Gasteiger partial charge in [-0.1, -0.05) is 6.07 Å². The first-order valence-corrected chi connectivity index (χ1v) is 9.15. The van der Waals surface area contributed by atoms with Gasteiger partial charge in [0.15, 0.2) is 0 Å². The molecule has 3 rings (SSSR count). The molecule has 6 nitrogen and oxygen atoms in total. The number of hydrogen-bond acceptors (Lipinski definition) is 4. The molecule has 1 aliphatic heterocycles. The van der Waals surface area contributed by atoms with Crippen LogP contribution >= 0.6 is 0 Å². The Morgan fingerprint density at radius 1 is 1.34 bits per heavy atom. The minimum absolute atomic E-state index is 0.181. The van der Waals surface area contributed by atoms with E-state index in [0.717, 1.165) is 0 Å². The molecule has 2 aromatic heterocycles. The number of carbonyl (C=O) groups excluding carboxylic acids is 2. The van der Waals surface area contributed by atoms with Crippen LogP contribution in [0.15, 0.2) is 24.5 Å². The standard InChI is InChI=1S/C20H21F3N4O2/c1-11-8-13(9-26-16(11)4-6-20(21,22)23)12(2)27-10-15-14(19(27)29)5-7-25-17(15)18(28)24-3/h5,7-9,12H,4,6,10H2,1-3H3,(H,24,28). The second kappa shape index (κ2) is 7.81. The Morgan fingerprint density at radius 3 is 2.69 bits per heavy atom. The molecular weight excluding hydrogens is 385 g/mol. The predicted molar refractivity (Wildman–Crippen MR) is 99.3 cm³/mol. The Balaban J connectivity index is 1.82. The summed E-state index contributed by atoms with van der Waals surface area (Å²) < 4.78 is 37.4. The van der Waals surface area contributed by atoms with Crippen LogP contribution in [0, 0.1) is 6.92 Å². The van der Waals surface area contributed by atoms with Crippen LogP contribution in [0.3, 0.4) is 0 Å². The minimum atomic E-state index is -4.23. The van der Waals surface area contributed by atoms with Gasteiger partial charge in [-0.05, 0) is 37.5 Å². The number of amides is 2. The molecule has 0 radical (unpaired) electrons. The molecule has 0 fully saturated rings. The highest BCUT2D eigenvalue weighted by atomic mass is 19.4. The lowest BCUT2D eigenvalue weighted by Gasteiger charge is -2.25. The minimum Gasteiger partial charge on any atom is -0.354 e. The number of rotatable bonds is 5. The van der Waals surface area contributed by atoms with Crippen LogP contribution in [0.1, 0.15) is 62.6 Å². The summed E-state index contributed by atoms with van der Waals surface area (Å²) in [4.78, 5) is 34.8. The fraction of sp³-hybridized carbons (Fsp3) is 0.400. The third-order valence-electron chi connectivity index (χ3n) is 5.12. The van der Waals surface area contributed by atoms with Gasteiger partial charge in [0.2, 0.25) is 0 Å². The van der Waals surface area contributed by atoms with Crippen LogP contribution in [0.2, 0.25) is 0 Å². The lowest BCUT2D eigenvalue weighted by molar-refractivity contribution is -0.134. The fourth-order valence-electron chi connectivity index (χ4n) is 3.43. The van der Waals surface area contributed by atoms with Crippen LogP contribution in [0.5, 0.6) is 0 Å². The second-order valence-electron chi connectivity index (χ2n) is 7.02. The molecule has 29 heavy (non-hydrogen) atoms. The first kappa shape index (κ1) is 20.8. The topological polar surface area (TPSA) is 75.2 Å². The normalized spacial score (nSPS) is 14.7. The smallest absolute Gasteiger partial charge is 0.354 e. The average Bonchev–Trinajstić information content (AvgIpc) is 3.02. The van der Waals surface area contributed by atoms with Crippen molar-refractivity contribution in [2.24, 2.45) is 0 Å². The zero-order valence-electron chi connectivity index (χ0n) is 16.3. The highest BCUT2D eigenvalue weighted by Crippen LogP contribution is 2.33. The van der Waals surface area contributed by atoms with Crippen molar-refractivity contribution < 1.29 is 22.8 Å². The summed E-state index contributed by atoms with van der Waals surface area (Å²) in [6.07, 6.45) is -2.40. The van der Waals surface area contributed by atoms with Crippen LogP contribution < -0.4 is 5.32 Å². The third kappa shape index (κ3) is 4.23. The Kier molecular flexibility index (Phi) is 5.59. The van der Waals surface area contributed by atoms with E-state index in [4.69, 9.17) is 0 Å². The average molecular weight is 406 g/mol. The lowest BCUT2D eigenvalue weighted by Crippen LogP contribution is -2.27. The SMILES string of the molecule is CNC(=O)c1nccc2c1CN(C(C)c1cnc(CCC(F)(F)F)c(C)c1)C2=O. The molecule has 1 atom stereocenters. The Hall–Kier alpha value is -2.97. The van der Waals surface area contributed by atoms with E-state index >= 15 is 0 Å². The number of hydrogen-bond donors (Lipinski definition) is 1. The summed E-state index contributed by atoms with van der Waals surface area (Å²) in [5.74, 6) is -0.588. The quantitative estimate of drug-likeness (QED) is 0.826. The molecule has 2 amide bonds. The van der Waals surface area contributed by atoms with Gasteiger partial charge in [0, 0.05) is 49.2 Å². The van der Waals surface area contributed by atoms with Crippen molar-refractivity contribution in [1.29, 1.82) is 0 Å². The zero-order chi connectivity index (χ0) is 21.3. The summed E-state index contributed by atoms with van der Waals surface area (Å²) in [6.45, 7) is 3.76. The first-order valence-electron chi connectivity index (χ1n) is 9.15. The molecule has 1 aliphatic rings. The summed E-state index contributed by atoms with van der Waals surface area (Å²) in [5.41, 5.74) is 2.96. The van der Waals surface area contributed by atoms with E-state index in [1.54, 1.807) is 24.0 Å². The van der Waals surface area contributed by atoms with Crippen molar-refractivity contribution in [1.82, 2.24) is 20.2 Å². The van der Waals surface area contributed by atoms with Crippen molar-refractivity contribution in [2.45, 2.75) is 45.5 Å². The monoisotopic (exact) mass is 406 g/mol. The van der Waals surface area contributed by atoms with Gasteiger partial charge in [0.1, 0.15) is 5.69 Å². The maximum Gasteiger partial charge on any atom is 0.389 e. The summed E-state index contributed by atoms with van der Waals surface area (Å²) in [5, 5.41) is 2.52. The zero-order valence-corrected chi connectivity index (χ0v) is 16.3. The number of aryl methyl sites for hydroxylation is 2. The largest absolute Gasteiger partial charge is 0.389 e. The first-order chi connectivity index (χ1) is 13.6. The number of nitrogens with one attached hydrogen (secondary N) is 1. The molecule has 0 aliphatic carbocycles. The Labute approximate surface area is 166 Å². The highest BCUT2D eigenvalue weighted by molar-refractivity contribution is 6.03. The maximum absolute atomic E-state index is 12.9. The summed E-state index contributed by atoms with van der Waals surface area (Å²) in [7, 11) is 1.50. The van der Waals surface area contributed by atoms with E-state index in [1.807, 2.05) is 6.92 Å². The van der Waals surface area contributed by atoms with Gasteiger partial charge < -0.3 is 10.2 Å². The van der Waals surface area contributed by atoms with Crippen molar-refractivity contribution in [2.75, 3.05) is 7.05 Å². The third-order valence-corrected chi connectivity index (χ3v) is 5.12. The van der Waals surface area contributed by atoms with E-state index in [0.29, 0.717) is 27.9 Å². The Bertz CT molecular complexity index is 959. The molecule has 0 saturated carbocycles. The predicted octanol–water partition coefficient (Wildman–Crippen LogP) is 3.36. The highest BCUT2D eigenvalue weighted by Gasteiger charge is 2.35. The van der Waals surface area contributed by atoms with Gasteiger partial charge in [-0.15, -0.1) is 0 Å². The van der Waals surface area contributed by atoms with E-state index < -0.39 is 12.6 Å². The summed E-state index contributed by atoms with van der Waals surface area (Å²) >= 11 is 0. The Morgan fingerprint density at radius 2 is 2.07 bits per heavy atom. The van der Waals surface area contributed by atoms with Crippen molar-refractivity contribution in [3.63, 3.8) is 0 Å². The number of alkyl halides is 3. The van der Waals surface area contributed by atoms with Crippen LogP contribution in [-0.2, 0) is 13.0 Å². The molecule has 0 bridgehead atoms. The number of halogens is 3. The number of nitrogens with zero attached hydrogens (tertiary/aromatic N) is 3. The van der Waals surface area contributed by atoms with E-state index in [-0.39, 0.29) is 36.5 Å². The molecule has 0 saturated heterocycles. The van der Waals surface area contributed by atoms with E-state index in [1.165, 1.54) is 19.4 Å². The van der Waals surface area contributed by atoms with Crippen LogP contribution in [-0.4, -0.2) is 39.9 Å². The molecule has 9 heteroatoms. The van der Waals surface area contributed by atoms with Crippen LogP contribution in [0.4, 0.5) is 13.2 Å². The number of aromatic nitrogens is 2. The molecule has 0 aromatic carbocycles. The van der Waals surface area contributed by atoms with E-state index in [9.17, 15) is 22.8 Å². The van der Waals surface area contributed by atoms with Crippen molar-refractivity contribution in [3.8, 4) is 0 Å². The number of fused-ring (bicyclic) bond motifs is 1. The van der Waals surface area contributed by atoms with Gasteiger partial charge >= 0.3 is 6.18 Å². The summed E-state index contributed by atoms with van der Waals surface area (Å²) in [6, 6.07) is 2.98. The maximum atomic E-state index is 12.9. The van der Waals surface area contributed by atoms with Gasteiger partial charge in [0.25, 0.3) is 11.8 Å². The molecule has 154 valence electrons. The second-order valence-corrected chi connectivity index (χ2v) is 7.02. The van der Waals surface area contributed by atoms with Crippen LogP contribution in [0.25, 0.3) is 0 Å². The van der Waals surface area contributed by atoms with Gasteiger partial charge in [-0.25, -0.2) is 0 Å². The molecule has 1 N–H and O–H groups in total. The van der Waals surface area contributed by atoms with Gasteiger partial charge in [-0.2, -0.15) is 13.2 Å². The lowest BCUT2D eigenvalue weighted by atomic mass is 10.0. The van der Waals surface area contributed by atoms with Gasteiger partial charge in [0.05, 0.1) is 6.04 Å². The number of pyridine rings is 2. The van der Waals surface area contributed by atoms with Crippen molar-refractivity contribution in [3.05, 3.63) is 58.2 Å². The van der Waals surface area contributed by atoms with Crippen molar-refractivity contribution >= 4 is 11.8 Å². The van der Waals surface area contributed by atoms with E-state index in [2.05, 4.69) is 15.3 Å². The molecular formula is C20H21F3N4O2. The fourth-order valence-corrected chi connectivity index (χ4v) is 3.43. The molecule has 0 spiro atoms. The van der Waals surface area contributed by atoms with Gasteiger partial charge in [-0.3, -0.25) is 19.6 Å².